The molecular formula is C98H88B2BrCl12N9O13. The highest BCUT2D eigenvalue weighted by Gasteiger charge is 2.22. The van der Waals surface area contributed by atoms with Crippen LogP contribution in [0, 0.1) is 0 Å². The molecule has 4 heterocycles. The number of ether oxygens (including phenoxy) is 2. The van der Waals surface area contributed by atoms with Crippen molar-refractivity contribution in [2.24, 2.45) is 5.73 Å². The fraction of sp³-hybridized carbons (Fsp3) is 0.133. The lowest BCUT2D eigenvalue weighted by Crippen LogP contribution is -2.30. The maximum atomic E-state index is 12.4. The number of pyridine rings is 4. The van der Waals surface area contributed by atoms with Crippen molar-refractivity contribution in [3.63, 3.8) is 0 Å². The Kier molecular flexibility index (Phi) is 45.4. The first-order valence-corrected chi connectivity index (χ1v) is 45.3. The molecule has 37 heteroatoms. The summed E-state index contributed by atoms with van der Waals surface area (Å²) in [5.41, 5.74) is 16.8. The van der Waals surface area contributed by atoms with E-state index in [0.717, 1.165) is 65.7 Å². The van der Waals surface area contributed by atoms with Crippen molar-refractivity contribution in [3.8, 4) is 45.1 Å². The van der Waals surface area contributed by atoms with Crippen LogP contribution in [0.3, 0.4) is 0 Å². The normalized spacial score (nSPS) is 10.5. The molecule has 22 nitrogen and oxygen atoms in total. The highest BCUT2D eigenvalue weighted by Crippen LogP contribution is 2.32. The molecule has 0 bridgehead atoms. The number of amides is 4. The second-order valence-corrected chi connectivity index (χ2v) is 35.9. The Morgan fingerprint density at radius 3 is 0.852 bits per heavy atom. The molecule has 0 radical (unpaired) electrons. The van der Waals surface area contributed by atoms with Crippen LogP contribution in [-0.4, -0.2) is 94.3 Å². The number of nitrogens with two attached hydrogens (primary N) is 1. The van der Waals surface area contributed by atoms with Crippen molar-refractivity contribution in [2.45, 2.75) is 85.5 Å². The minimum atomic E-state index is -1.50. The summed E-state index contributed by atoms with van der Waals surface area (Å²) >= 11 is 68.1. The zero-order valence-electron chi connectivity index (χ0n) is 72.7. The predicted octanol–water partition coefficient (Wildman–Crippen LogP) is 22.0. The van der Waals surface area contributed by atoms with Gasteiger partial charge in [0.15, 0.2) is 0 Å². The molecular weight excluding hydrogens is 2040 g/mol. The van der Waals surface area contributed by atoms with E-state index in [0.29, 0.717) is 89.0 Å². The molecule has 135 heavy (non-hydrogen) atoms. The van der Waals surface area contributed by atoms with Gasteiger partial charge in [-0.05, 0) is 210 Å². The van der Waals surface area contributed by atoms with Gasteiger partial charge in [-0.3, -0.25) is 33.6 Å². The topological polar surface area (TPSA) is 350 Å². The third kappa shape index (κ3) is 37.1. The van der Waals surface area contributed by atoms with E-state index in [9.17, 15) is 33.6 Å². The summed E-state index contributed by atoms with van der Waals surface area (Å²) in [6.07, 6.45) is 6.67. The molecule has 14 aromatic rings. The molecule has 0 spiro atoms. The van der Waals surface area contributed by atoms with Gasteiger partial charge in [-0.1, -0.05) is 284 Å². The van der Waals surface area contributed by atoms with Crippen LogP contribution in [0.25, 0.3) is 33.4 Å². The third-order valence-electron chi connectivity index (χ3n) is 18.2. The number of hydrogen-bond donors (Lipinski definition) is 11. The van der Waals surface area contributed by atoms with Crippen LogP contribution in [0.5, 0.6) is 11.8 Å². The third-order valence-corrected chi connectivity index (χ3v) is 22.0. The van der Waals surface area contributed by atoms with Gasteiger partial charge in [-0.15, -0.1) is 12.4 Å². The van der Waals surface area contributed by atoms with Crippen molar-refractivity contribution < 1.29 is 53.5 Å². The van der Waals surface area contributed by atoms with E-state index in [1.54, 1.807) is 164 Å². The summed E-state index contributed by atoms with van der Waals surface area (Å²) in [6, 6.07) is 75.3. The molecule has 0 unspecified atom stereocenters. The van der Waals surface area contributed by atoms with E-state index in [-0.39, 0.29) is 103 Å². The molecule has 0 atom stereocenters. The SMILES string of the molecule is CC(C)(C)Oc1cc(-c2ccc(CNC(=O)c3c(Cl)cccc3Cl)cc2)ccn1.CC(C)(C)Oc1cc(Br)ccn1.Cl.NCc1ccc(B(O)O)cc1.O=C(Cl)c1c(Cl)cccc1Cl.O=C(NCc1ccc(-c2cc[nH]c(=O)c2)cc1)c1c(Cl)cccc1Cl.O=C(NCc1ccc(-c2cc[nH]c(=O)c2)cc1)c1c(Cl)cccc1Cl.O=C(NCc1ccc(B(O)O)cc1)c1c(Cl)cccc1Cl. The highest BCUT2D eigenvalue weighted by molar-refractivity contribution is 9.10. The number of nitrogens with one attached hydrogen (secondary N) is 6. The van der Waals surface area contributed by atoms with Crippen molar-refractivity contribution in [2.75, 3.05) is 0 Å². The molecule has 0 saturated heterocycles. The molecule has 4 amide bonds. The predicted molar refractivity (Wildman–Crippen MR) is 552 cm³/mol. The summed E-state index contributed by atoms with van der Waals surface area (Å²) < 4.78 is 12.4. The van der Waals surface area contributed by atoms with Gasteiger partial charge in [0.2, 0.25) is 22.9 Å². The molecule has 4 aromatic heterocycles. The number of halogens is 13. The van der Waals surface area contributed by atoms with Crippen LogP contribution in [0.1, 0.15) is 121 Å². The number of nitrogens with zero attached hydrogens (tertiary/aromatic N) is 2. The lowest BCUT2D eigenvalue weighted by molar-refractivity contribution is 0.0943. The zero-order chi connectivity index (χ0) is 97.9. The van der Waals surface area contributed by atoms with Gasteiger partial charge in [0.1, 0.15) is 11.2 Å². The van der Waals surface area contributed by atoms with Gasteiger partial charge >= 0.3 is 14.2 Å². The van der Waals surface area contributed by atoms with Crippen molar-refractivity contribution >= 4 is 210 Å². The monoisotopic (exact) mass is 2120 g/mol. The van der Waals surface area contributed by atoms with E-state index in [1.807, 2.05) is 151 Å². The smallest absolute Gasteiger partial charge is 0.472 e. The van der Waals surface area contributed by atoms with Crippen LogP contribution in [0.2, 0.25) is 50.2 Å². The molecule has 0 aliphatic heterocycles. The van der Waals surface area contributed by atoms with E-state index in [2.05, 4.69) is 57.1 Å². The number of H-pyrrole nitrogens is 2. The summed E-state index contributed by atoms with van der Waals surface area (Å²) in [7, 11) is -2.89. The first kappa shape index (κ1) is 111. The minimum Gasteiger partial charge on any atom is -0.472 e. The molecule has 700 valence electrons. The summed E-state index contributed by atoms with van der Waals surface area (Å²) in [6.45, 7) is 13.8. The molecule has 12 N–H and O–H groups in total. The highest BCUT2D eigenvalue weighted by atomic mass is 79.9. The fourth-order valence-corrected chi connectivity index (χ4v) is 15.1. The Balaban J connectivity index is 0.000000221. The van der Waals surface area contributed by atoms with Crippen molar-refractivity contribution in [1.82, 2.24) is 41.2 Å². The van der Waals surface area contributed by atoms with Gasteiger partial charge in [0.05, 0.1) is 78.0 Å². The number of benzene rings is 10. The van der Waals surface area contributed by atoms with Gasteiger partial charge in [-0.2, -0.15) is 0 Å². The van der Waals surface area contributed by atoms with Crippen LogP contribution < -0.4 is 58.5 Å². The van der Waals surface area contributed by atoms with E-state index in [1.165, 1.54) is 12.1 Å². The summed E-state index contributed by atoms with van der Waals surface area (Å²) in [4.78, 5) is 96.0. The molecule has 14 rings (SSSR count). The van der Waals surface area contributed by atoms with Crippen LogP contribution in [0.4, 0.5) is 0 Å². The lowest BCUT2D eigenvalue weighted by Gasteiger charge is -2.20. The van der Waals surface area contributed by atoms with E-state index in [4.69, 9.17) is 163 Å². The fourth-order valence-electron chi connectivity index (χ4n) is 11.7. The quantitative estimate of drug-likeness (QED) is 0.0235. The van der Waals surface area contributed by atoms with E-state index < -0.39 is 19.5 Å². The standard InChI is InChI=1S/C23H22Cl2N2O2.2C19H14Cl2N2O2.C14H12BCl2NO3.C9H12BrNO.C7H10BNO2.C7H3Cl3O.ClH/c1-23(2,3)29-20-13-17(11-12-26-20)16-9-7-15(8-10-16)14-27-22(28)21-18(24)5-4-6-19(21)25;2*20-15-2-1-3-16(21)18(15)19(25)23-11-12-4-6-13(7-5-12)14-8-9-22-17(24)10-14;16-11-2-1-3-12(17)13(11)14(19)18-8-9-4-6-10(7-5-9)15(20)21;1-9(2,3)12-8-6-7(10)4-5-11-8;9-5-6-1-3-7(4-2-6)8(10)11;8-4-2-1-3-5(9)6(4)7(10)11;/h4-13H,14H2,1-3H3,(H,27,28);2*1-10H,11H2,(H,22,24)(H,23,25);1-7,20-21H,8H2,(H,18,19);4-6H,1-3H3;1-4,10-11H,5,9H2;1-3H;1H. The van der Waals surface area contributed by atoms with Crippen LogP contribution in [0.15, 0.2) is 300 Å². The Morgan fingerprint density at radius 1 is 0.356 bits per heavy atom. The number of rotatable bonds is 21. The number of carbonyl (C=O) groups is 5. The molecule has 0 aliphatic rings. The first-order chi connectivity index (χ1) is 63.6. The molecule has 0 saturated carbocycles. The average Bonchev–Trinajstić information content (AvgIpc) is 0.839. The van der Waals surface area contributed by atoms with Crippen molar-refractivity contribution in [1.29, 1.82) is 0 Å². The van der Waals surface area contributed by atoms with Crippen molar-refractivity contribution in [3.05, 3.63) is 417 Å². The Hall–Kier alpha value is -10.6. The first-order valence-electron chi connectivity index (χ1n) is 40.4. The molecule has 0 fully saturated rings. The number of aromatic amines is 2. The maximum absolute atomic E-state index is 12.4. The Bertz CT molecular complexity index is 6190. The largest absolute Gasteiger partial charge is 0.488 e. The maximum Gasteiger partial charge on any atom is 0.488 e. The molecule has 0 aliphatic carbocycles. The van der Waals surface area contributed by atoms with Gasteiger partial charge in [0.25, 0.3) is 28.9 Å². The lowest BCUT2D eigenvalue weighted by atomic mass is 9.80. The van der Waals surface area contributed by atoms with Crippen LogP contribution >= 0.6 is 156 Å². The average molecular weight is 2130 g/mol. The summed E-state index contributed by atoms with van der Waals surface area (Å²) in [5, 5.41) is 49.0. The minimum absolute atomic E-state index is 0. The Labute approximate surface area is 850 Å². The Morgan fingerprint density at radius 2 is 0.607 bits per heavy atom. The van der Waals surface area contributed by atoms with Crippen LogP contribution in [-0.2, 0) is 32.7 Å². The van der Waals surface area contributed by atoms with Gasteiger partial charge < -0.3 is 66.5 Å². The molecule has 10 aromatic carbocycles. The number of carbonyl (C=O) groups excluding carboxylic acids is 5. The number of aromatic nitrogens is 4. The number of hydrogen-bond acceptors (Lipinski definition) is 16. The van der Waals surface area contributed by atoms with Gasteiger partial charge in [-0.25, -0.2) is 9.97 Å². The second-order valence-electron chi connectivity index (χ2n) is 30.5. The zero-order valence-corrected chi connectivity index (χ0v) is 83.4. The van der Waals surface area contributed by atoms with Gasteiger partial charge in [0, 0.05) is 86.2 Å². The second kappa shape index (κ2) is 55.0. The van der Waals surface area contributed by atoms with E-state index >= 15 is 0 Å². The summed E-state index contributed by atoms with van der Waals surface area (Å²) in [5.74, 6) is -0.0805.